The molecule has 0 saturated heterocycles. The number of rotatable bonds is 5. The quantitative estimate of drug-likeness (QED) is 0.731. The molecule has 0 aliphatic heterocycles. The van der Waals surface area contributed by atoms with Crippen molar-refractivity contribution in [3.05, 3.63) is 65.7 Å². The van der Waals surface area contributed by atoms with Crippen molar-refractivity contribution in [3.63, 3.8) is 0 Å². The lowest BCUT2D eigenvalue weighted by Gasteiger charge is -2.07. The lowest BCUT2D eigenvalue weighted by atomic mass is 10.2. The van der Waals surface area contributed by atoms with Gasteiger partial charge >= 0.3 is 0 Å². The van der Waals surface area contributed by atoms with Crippen LogP contribution in [0.4, 0.5) is 11.5 Å². The van der Waals surface area contributed by atoms with Gasteiger partial charge in [-0.15, -0.1) is 0 Å². The minimum Gasteiger partial charge on any atom is -0.497 e. The molecule has 26 heavy (non-hydrogen) atoms. The molecule has 0 aliphatic carbocycles. The standard InChI is InChI=1S/C18H16N4O4/c1-11-10-16(22-26-11)21-18(24)15-5-3-4-14(20-15)17(23)19-12-6-8-13(25-2)9-7-12/h3-10H,1-2H3,(H,19,23)(H,21,22,24). The van der Waals surface area contributed by atoms with Gasteiger partial charge < -0.3 is 19.9 Å². The number of methoxy groups -OCH3 is 1. The van der Waals surface area contributed by atoms with Crippen LogP contribution in [0.2, 0.25) is 0 Å². The number of carbonyl (C=O) groups excluding carboxylic acids is 2. The second kappa shape index (κ2) is 7.47. The molecule has 132 valence electrons. The van der Waals surface area contributed by atoms with Crippen molar-refractivity contribution in [2.24, 2.45) is 0 Å². The first-order chi connectivity index (χ1) is 12.5. The van der Waals surface area contributed by atoms with E-state index in [2.05, 4.69) is 20.8 Å². The monoisotopic (exact) mass is 352 g/mol. The minimum absolute atomic E-state index is 0.0908. The molecule has 0 saturated carbocycles. The first-order valence-corrected chi connectivity index (χ1v) is 7.72. The number of hydrogen-bond acceptors (Lipinski definition) is 6. The van der Waals surface area contributed by atoms with Gasteiger partial charge in [0.2, 0.25) is 0 Å². The molecular weight excluding hydrogens is 336 g/mol. The summed E-state index contributed by atoms with van der Waals surface area (Å²) in [5, 5.41) is 8.95. The van der Waals surface area contributed by atoms with Gasteiger partial charge in [0.25, 0.3) is 11.8 Å². The predicted octanol–water partition coefficient (Wildman–Crippen LogP) is 2.89. The maximum absolute atomic E-state index is 12.3. The highest BCUT2D eigenvalue weighted by Crippen LogP contribution is 2.16. The number of nitrogens with zero attached hydrogens (tertiary/aromatic N) is 2. The molecule has 0 aliphatic rings. The highest BCUT2D eigenvalue weighted by Gasteiger charge is 2.14. The molecular formula is C18H16N4O4. The summed E-state index contributed by atoms with van der Waals surface area (Å²) in [6, 6.07) is 13.1. The summed E-state index contributed by atoms with van der Waals surface area (Å²) < 4.78 is 9.96. The number of aromatic nitrogens is 2. The fourth-order valence-electron chi connectivity index (χ4n) is 2.16. The van der Waals surface area contributed by atoms with Crippen molar-refractivity contribution in [2.75, 3.05) is 17.7 Å². The number of ether oxygens (including phenoxy) is 1. The molecule has 3 rings (SSSR count). The Hall–Kier alpha value is -3.68. The molecule has 3 aromatic rings. The molecule has 8 heteroatoms. The molecule has 8 nitrogen and oxygen atoms in total. The van der Waals surface area contributed by atoms with E-state index in [1.54, 1.807) is 50.4 Å². The summed E-state index contributed by atoms with van der Waals surface area (Å²) >= 11 is 0. The normalized spacial score (nSPS) is 10.2. The van der Waals surface area contributed by atoms with Crippen LogP contribution >= 0.6 is 0 Å². The van der Waals surface area contributed by atoms with Crippen LogP contribution in [0.25, 0.3) is 0 Å². The Morgan fingerprint density at radius 2 is 1.65 bits per heavy atom. The van der Waals surface area contributed by atoms with Crippen LogP contribution in [0.15, 0.2) is 53.1 Å². The summed E-state index contributed by atoms with van der Waals surface area (Å²) in [5.74, 6) is 0.616. The van der Waals surface area contributed by atoms with E-state index in [0.717, 1.165) is 0 Å². The van der Waals surface area contributed by atoms with E-state index in [0.29, 0.717) is 17.2 Å². The fraction of sp³-hybridized carbons (Fsp3) is 0.111. The van der Waals surface area contributed by atoms with Crippen molar-refractivity contribution in [1.82, 2.24) is 10.1 Å². The molecule has 0 spiro atoms. The van der Waals surface area contributed by atoms with E-state index in [1.807, 2.05) is 0 Å². The Morgan fingerprint density at radius 3 is 2.23 bits per heavy atom. The van der Waals surface area contributed by atoms with Crippen molar-refractivity contribution in [2.45, 2.75) is 6.92 Å². The molecule has 2 N–H and O–H groups in total. The molecule has 2 amide bonds. The third-order valence-corrected chi connectivity index (χ3v) is 3.43. The third kappa shape index (κ3) is 4.04. The number of anilines is 2. The number of carbonyl (C=O) groups is 2. The van der Waals surface area contributed by atoms with Crippen LogP contribution in [0, 0.1) is 6.92 Å². The molecule has 0 atom stereocenters. The lowest BCUT2D eigenvalue weighted by Crippen LogP contribution is -2.18. The highest BCUT2D eigenvalue weighted by molar-refractivity contribution is 6.05. The van der Waals surface area contributed by atoms with E-state index in [9.17, 15) is 9.59 Å². The zero-order chi connectivity index (χ0) is 18.5. The van der Waals surface area contributed by atoms with Crippen LogP contribution < -0.4 is 15.4 Å². The van der Waals surface area contributed by atoms with Crippen molar-refractivity contribution >= 4 is 23.3 Å². The zero-order valence-corrected chi connectivity index (χ0v) is 14.1. The van der Waals surface area contributed by atoms with E-state index in [1.165, 1.54) is 12.1 Å². The summed E-state index contributed by atoms with van der Waals surface area (Å²) in [6.07, 6.45) is 0. The first kappa shape index (κ1) is 17.2. The van der Waals surface area contributed by atoms with Crippen LogP contribution in [0.3, 0.4) is 0 Å². The van der Waals surface area contributed by atoms with E-state index in [4.69, 9.17) is 9.26 Å². The van der Waals surface area contributed by atoms with Gasteiger partial charge in [-0.25, -0.2) is 4.98 Å². The van der Waals surface area contributed by atoms with Crippen LogP contribution in [0.5, 0.6) is 5.75 Å². The summed E-state index contributed by atoms with van der Waals surface area (Å²) in [6.45, 7) is 1.71. The van der Waals surface area contributed by atoms with E-state index >= 15 is 0 Å². The number of aryl methyl sites for hydroxylation is 1. The van der Waals surface area contributed by atoms with Crippen LogP contribution in [0.1, 0.15) is 26.7 Å². The minimum atomic E-state index is -0.489. The average molecular weight is 352 g/mol. The van der Waals surface area contributed by atoms with Gasteiger partial charge in [0.1, 0.15) is 22.9 Å². The van der Waals surface area contributed by atoms with Crippen molar-refractivity contribution < 1.29 is 18.8 Å². The van der Waals surface area contributed by atoms with Gasteiger partial charge in [-0.05, 0) is 43.3 Å². The van der Waals surface area contributed by atoms with Crippen molar-refractivity contribution in [1.29, 1.82) is 0 Å². The second-order valence-corrected chi connectivity index (χ2v) is 5.37. The van der Waals surface area contributed by atoms with Gasteiger partial charge in [-0.2, -0.15) is 0 Å². The summed E-state index contributed by atoms with van der Waals surface area (Å²) in [4.78, 5) is 28.7. The van der Waals surface area contributed by atoms with Crippen molar-refractivity contribution in [3.8, 4) is 5.75 Å². The first-order valence-electron chi connectivity index (χ1n) is 7.72. The Bertz CT molecular complexity index is 934. The van der Waals surface area contributed by atoms with Gasteiger partial charge in [-0.3, -0.25) is 9.59 Å². The Labute approximate surface area is 149 Å². The zero-order valence-electron chi connectivity index (χ0n) is 14.1. The molecule has 2 heterocycles. The summed E-state index contributed by atoms with van der Waals surface area (Å²) in [5.41, 5.74) is 0.795. The number of pyridine rings is 1. The van der Waals surface area contributed by atoms with Gasteiger partial charge in [0.05, 0.1) is 7.11 Å². The number of amides is 2. The average Bonchev–Trinajstić information content (AvgIpc) is 3.07. The summed E-state index contributed by atoms with van der Waals surface area (Å²) in [7, 11) is 1.56. The van der Waals surface area contributed by atoms with Crippen LogP contribution in [-0.2, 0) is 0 Å². The van der Waals surface area contributed by atoms with E-state index < -0.39 is 11.8 Å². The smallest absolute Gasteiger partial charge is 0.275 e. The number of nitrogens with one attached hydrogen (secondary N) is 2. The third-order valence-electron chi connectivity index (χ3n) is 3.43. The number of benzene rings is 1. The largest absolute Gasteiger partial charge is 0.497 e. The Morgan fingerprint density at radius 1 is 1.00 bits per heavy atom. The van der Waals surface area contributed by atoms with Gasteiger partial charge in [0, 0.05) is 11.8 Å². The topological polar surface area (TPSA) is 106 Å². The SMILES string of the molecule is COc1ccc(NC(=O)c2cccc(C(=O)Nc3cc(C)on3)n2)cc1. The van der Waals surface area contributed by atoms with Gasteiger partial charge in [-0.1, -0.05) is 11.2 Å². The molecule has 0 fully saturated rings. The van der Waals surface area contributed by atoms with E-state index in [-0.39, 0.29) is 17.2 Å². The van der Waals surface area contributed by atoms with Crippen LogP contribution in [-0.4, -0.2) is 29.1 Å². The lowest BCUT2D eigenvalue weighted by molar-refractivity contribution is 0.101. The van der Waals surface area contributed by atoms with Gasteiger partial charge in [0.15, 0.2) is 5.82 Å². The maximum Gasteiger partial charge on any atom is 0.275 e. The molecule has 1 aromatic carbocycles. The number of hydrogen-bond donors (Lipinski definition) is 2. The maximum atomic E-state index is 12.3. The molecule has 0 bridgehead atoms. The predicted molar refractivity (Wildman–Crippen MR) is 94.4 cm³/mol. The molecule has 0 unspecified atom stereocenters. The highest BCUT2D eigenvalue weighted by atomic mass is 16.5. The Balaban J connectivity index is 1.71. The second-order valence-electron chi connectivity index (χ2n) is 5.37. The fourth-order valence-corrected chi connectivity index (χ4v) is 2.16. The molecule has 2 aromatic heterocycles. The molecule has 0 radical (unpaired) electrons. The Kier molecular flexibility index (Phi) is 4.93.